The lowest BCUT2D eigenvalue weighted by Gasteiger charge is -2.34. The monoisotopic (exact) mass is 383 g/mol. The van der Waals surface area contributed by atoms with Crippen LogP contribution in [0.15, 0.2) is 36.9 Å². The molecule has 1 atom stereocenters. The van der Waals surface area contributed by atoms with Gasteiger partial charge in [0.05, 0.1) is 37.8 Å². The van der Waals surface area contributed by atoms with E-state index in [2.05, 4.69) is 19.9 Å². The first-order chi connectivity index (χ1) is 13.8. The second kappa shape index (κ2) is 9.07. The van der Waals surface area contributed by atoms with Gasteiger partial charge in [0.25, 0.3) is 0 Å². The molecule has 148 valence electrons. The first-order valence-corrected chi connectivity index (χ1v) is 9.75. The molecule has 2 aromatic heterocycles. The van der Waals surface area contributed by atoms with Crippen LogP contribution in [0.3, 0.4) is 0 Å². The number of hydrogen-bond acceptors (Lipinski definition) is 7. The number of aromatic nitrogens is 3. The van der Waals surface area contributed by atoms with Crippen LogP contribution in [-0.2, 0) is 9.53 Å². The van der Waals surface area contributed by atoms with Crippen LogP contribution in [0.25, 0.3) is 0 Å². The van der Waals surface area contributed by atoms with Crippen LogP contribution in [-0.4, -0.2) is 76.6 Å². The summed E-state index contributed by atoms with van der Waals surface area (Å²) in [4.78, 5) is 29.8. The smallest absolute Gasteiger partial charge is 0.238 e. The summed E-state index contributed by atoms with van der Waals surface area (Å²) in [5.74, 6) is 1.43. The van der Waals surface area contributed by atoms with Crippen LogP contribution in [0.5, 0.6) is 11.6 Å². The first-order valence-electron chi connectivity index (χ1n) is 9.75. The minimum atomic E-state index is 0.173. The highest BCUT2D eigenvalue weighted by atomic mass is 16.5. The van der Waals surface area contributed by atoms with Crippen molar-refractivity contribution in [1.29, 1.82) is 0 Å². The molecular formula is C20H25N5O3. The van der Waals surface area contributed by atoms with E-state index in [9.17, 15) is 4.79 Å². The second-order valence-corrected chi connectivity index (χ2v) is 7.14. The molecule has 0 spiro atoms. The van der Waals surface area contributed by atoms with Gasteiger partial charge in [-0.25, -0.2) is 4.98 Å². The number of rotatable bonds is 5. The summed E-state index contributed by atoms with van der Waals surface area (Å²) in [6.07, 6.45) is 8.67. The maximum Gasteiger partial charge on any atom is 0.238 e. The second-order valence-electron chi connectivity index (χ2n) is 7.14. The van der Waals surface area contributed by atoms with Crippen LogP contribution in [0.2, 0.25) is 0 Å². The Morgan fingerprint density at radius 1 is 1.18 bits per heavy atom. The third-order valence-electron chi connectivity index (χ3n) is 5.14. The van der Waals surface area contributed by atoms with Gasteiger partial charge < -0.3 is 14.4 Å². The Morgan fingerprint density at radius 2 is 2.07 bits per heavy atom. The highest BCUT2D eigenvalue weighted by Gasteiger charge is 2.27. The lowest BCUT2D eigenvalue weighted by atomic mass is 9.95. The average Bonchev–Trinajstić information content (AvgIpc) is 2.75. The quantitative estimate of drug-likeness (QED) is 0.777. The van der Waals surface area contributed by atoms with Crippen molar-refractivity contribution < 1.29 is 14.3 Å². The molecule has 0 aliphatic carbocycles. The van der Waals surface area contributed by atoms with Gasteiger partial charge in [-0.15, -0.1) is 0 Å². The molecule has 0 N–H and O–H groups in total. The van der Waals surface area contributed by atoms with Crippen molar-refractivity contribution in [2.45, 2.75) is 18.8 Å². The van der Waals surface area contributed by atoms with Crippen LogP contribution in [0.1, 0.15) is 24.5 Å². The number of piperidine rings is 1. The van der Waals surface area contributed by atoms with Gasteiger partial charge in [0.15, 0.2) is 0 Å². The molecule has 8 heteroatoms. The molecule has 0 saturated carbocycles. The van der Waals surface area contributed by atoms with Gasteiger partial charge >= 0.3 is 0 Å². The topological polar surface area (TPSA) is 80.7 Å². The minimum Gasteiger partial charge on any atom is -0.436 e. The third kappa shape index (κ3) is 4.82. The number of carbonyl (C=O) groups excluding carboxylic acids is 1. The summed E-state index contributed by atoms with van der Waals surface area (Å²) in [7, 11) is 0. The standard InChI is InChI=1S/C20H25N5O3/c26-20(15-24-7-9-27-10-8-24)25-6-2-3-16(14-25)18-12-22-13-19(23-18)28-17-4-1-5-21-11-17/h1,4-5,11-13,16H,2-3,6-10,14-15H2/t16-/m1/s1. The van der Waals surface area contributed by atoms with Crippen molar-refractivity contribution in [3.8, 4) is 11.6 Å². The Morgan fingerprint density at radius 3 is 2.89 bits per heavy atom. The lowest BCUT2D eigenvalue weighted by molar-refractivity contribution is -0.134. The van der Waals surface area contributed by atoms with Crippen LogP contribution < -0.4 is 4.74 Å². The molecule has 0 bridgehead atoms. The van der Waals surface area contributed by atoms with Gasteiger partial charge in [0, 0.05) is 44.5 Å². The Hall–Kier alpha value is -2.58. The molecule has 2 aliphatic heterocycles. The maximum atomic E-state index is 12.7. The number of morpholine rings is 1. The van der Waals surface area contributed by atoms with E-state index in [0.29, 0.717) is 37.9 Å². The summed E-state index contributed by atoms with van der Waals surface area (Å²) in [5.41, 5.74) is 0.866. The number of likely N-dealkylation sites (tertiary alicyclic amines) is 1. The zero-order chi connectivity index (χ0) is 19.2. The van der Waals surface area contributed by atoms with Gasteiger partial charge in [-0.3, -0.25) is 19.7 Å². The average molecular weight is 383 g/mol. The van der Waals surface area contributed by atoms with Crippen LogP contribution in [0, 0.1) is 0 Å². The number of amides is 1. The number of carbonyl (C=O) groups is 1. The van der Waals surface area contributed by atoms with E-state index in [0.717, 1.165) is 38.2 Å². The molecule has 4 heterocycles. The van der Waals surface area contributed by atoms with Crippen molar-refractivity contribution in [3.05, 3.63) is 42.6 Å². The molecule has 2 saturated heterocycles. The van der Waals surface area contributed by atoms with E-state index in [1.165, 1.54) is 0 Å². The predicted octanol–water partition coefficient (Wildman–Crippen LogP) is 1.70. The van der Waals surface area contributed by atoms with Gasteiger partial charge in [-0.1, -0.05) is 0 Å². The van der Waals surface area contributed by atoms with Crippen molar-refractivity contribution in [1.82, 2.24) is 24.8 Å². The molecule has 2 aliphatic rings. The van der Waals surface area contributed by atoms with E-state index in [1.54, 1.807) is 24.8 Å². The molecule has 0 aromatic carbocycles. The third-order valence-corrected chi connectivity index (χ3v) is 5.14. The largest absolute Gasteiger partial charge is 0.436 e. The molecule has 0 unspecified atom stereocenters. The van der Waals surface area contributed by atoms with Crippen LogP contribution in [0.4, 0.5) is 0 Å². The van der Waals surface area contributed by atoms with Gasteiger partial charge in [0.1, 0.15) is 5.75 Å². The summed E-state index contributed by atoms with van der Waals surface area (Å²) in [6.45, 7) is 4.99. The molecule has 0 radical (unpaired) electrons. The highest BCUT2D eigenvalue weighted by molar-refractivity contribution is 5.78. The van der Waals surface area contributed by atoms with E-state index in [1.807, 2.05) is 17.0 Å². The summed E-state index contributed by atoms with van der Waals surface area (Å²) in [6, 6.07) is 3.64. The Labute approximate surface area is 164 Å². The number of pyridine rings is 1. The normalized spacial score (nSPS) is 20.7. The SMILES string of the molecule is O=C(CN1CCOCC1)N1CCC[C@@H](c2cncc(Oc3cccnc3)n2)C1. The first kappa shape index (κ1) is 18.8. The van der Waals surface area contributed by atoms with Crippen molar-refractivity contribution in [2.75, 3.05) is 45.9 Å². The molecule has 4 rings (SSSR count). The lowest BCUT2D eigenvalue weighted by Crippen LogP contribution is -2.47. The molecule has 8 nitrogen and oxygen atoms in total. The molecule has 2 aromatic rings. The Kier molecular flexibility index (Phi) is 6.08. The minimum absolute atomic E-state index is 0.173. The van der Waals surface area contributed by atoms with Crippen molar-refractivity contribution >= 4 is 5.91 Å². The van der Waals surface area contributed by atoms with Gasteiger partial charge in [-0.2, -0.15) is 0 Å². The summed E-state index contributed by atoms with van der Waals surface area (Å²) >= 11 is 0. The van der Waals surface area contributed by atoms with E-state index >= 15 is 0 Å². The fraction of sp³-hybridized carbons (Fsp3) is 0.500. The Bertz CT molecular complexity index is 782. The fourth-order valence-electron chi connectivity index (χ4n) is 3.63. The van der Waals surface area contributed by atoms with Crippen molar-refractivity contribution in [2.24, 2.45) is 0 Å². The fourth-order valence-corrected chi connectivity index (χ4v) is 3.63. The highest BCUT2D eigenvalue weighted by Crippen LogP contribution is 2.27. The van der Waals surface area contributed by atoms with Crippen LogP contribution >= 0.6 is 0 Å². The molecular weight excluding hydrogens is 358 g/mol. The number of hydrogen-bond donors (Lipinski definition) is 0. The summed E-state index contributed by atoms with van der Waals surface area (Å²) in [5, 5.41) is 0. The van der Waals surface area contributed by atoms with E-state index in [-0.39, 0.29) is 11.8 Å². The zero-order valence-corrected chi connectivity index (χ0v) is 15.9. The molecule has 1 amide bonds. The predicted molar refractivity (Wildman–Crippen MR) is 102 cm³/mol. The van der Waals surface area contributed by atoms with Gasteiger partial charge in [-0.05, 0) is 25.0 Å². The molecule has 28 heavy (non-hydrogen) atoms. The number of nitrogens with zero attached hydrogens (tertiary/aromatic N) is 5. The van der Waals surface area contributed by atoms with Crippen molar-refractivity contribution in [3.63, 3.8) is 0 Å². The Balaban J connectivity index is 1.38. The van der Waals surface area contributed by atoms with Gasteiger partial charge in [0.2, 0.25) is 11.8 Å². The number of ether oxygens (including phenoxy) is 2. The summed E-state index contributed by atoms with van der Waals surface area (Å²) < 4.78 is 11.1. The molecule has 2 fully saturated rings. The van der Waals surface area contributed by atoms with E-state index in [4.69, 9.17) is 9.47 Å². The zero-order valence-electron chi connectivity index (χ0n) is 15.9. The van der Waals surface area contributed by atoms with E-state index < -0.39 is 0 Å². The maximum absolute atomic E-state index is 12.7.